The lowest BCUT2D eigenvalue weighted by Gasteiger charge is -2.16. The minimum Gasteiger partial charge on any atom is -0.495 e. The molecule has 0 spiro atoms. The van der Waals surface area contributed by atoms with Gasteiger partial charge in [-0.15, -0.1) is 13.2 Å². The molecule has 152 valence electrons. The standard InChI is InChI=1S/C16H14BrF3N2O5S/c1-9(23)21-11-4-5-13(26-2)12(8-11)22-28(24,25)15-6-3-10(17)7-14(15)27-16(18,19)20/h3-8,22H,1-2H3,(H,21,23). The van der Waals surface area contributed by atoms with Crippen LogP contribution in [0.15, 0.2) is 45.8 Å². The molecule has 1 amide bonds. The van der Waals surface area contributed by atoms with Crippen LogP contribution in [0, 0.1) is 0 Å². The van der Waals surface area contributed by atoms with E-state index in [0.29, 0.717) is 0 Å². The van der Waals surface area contributed by atoms with Crippen molar-refractivity contribution in [3.05, 3.63) is 40.9 Å². The summed E-state index contributed by atoms with van der Waals surface area (Å²) in [6.07, 6.45) is -5.09. The second kappa shape index (κ2) is 8.27. The fraction of sp³-hybridized carbons (Fsp3) is 0.188. The van der Waals surface area contributed by atoms with E-state index in [2.05, 4.69) is 30.7 Å². The smallest absolute Gasteiger partial charge is 0.495 e. The zero-order chi connectivity index (χ0) is 21.1. The van der Waals surface area contributed by atoms with Crippen molar-refractivity contribution in [3.8, 4) is 11.5 Å². The topological polar surface area (TPSA) is 93.7 Å². The molecule has 0 aliphatic rings. The number of anilines is 2. The van der Waals surface area contributed by atoms with Gasteiger partial charge in [0.1, 0.15) is 10.6 Å². The Kier molecular flexibility index (Phi) is 6.44. The molecule has 0 bridgehead atoms. The first kappa shape index (κ1) is 21.8. The maximum Gasteiger partial charge on any atom is 0.573 e. The number of amides is 1. The number of carbonyl (C=O) groups is 1. The molecule has 0 atom stereocenters. The van der Waals surface area contributed by atoms with Gasteiger partial charge in [-0.3, -0.25) is 9.52 Å². The lowest BCUT2D eigenvalue weighted by molar-refractivity contribution is -0.275. The highest BCUT2D eigenvalue weighted by molar-refractivity contribution is 9.10. The zero-order valence-electron chi connectivity index (χ0n) is 14.4. The van der Waals surface area contributed by atoms with Crippen LogP contribution in [0.4, 0.5) is 24.5 Å². The lowest BCUT2D eigenvalue weighted by Crippen LogP contribution is -2.21. The Morgan fingerprint density at radius 3 is 2.36 bits per heavy atom. The normalized spacial score (nSPS) is 11.6. The highest BCUT2D eigenvalue weighted by atomic mass is 79.9. The van der Waals surface area contributed by atoms with Crippen molar-refractivity contribution < 1.29 is 35.9 Å². The van der Waals surface area contributed by atoms with Crippen LogP contribution in [0.5, 0.6) is 11.5 Å². The first-order valence-electron chi connectivity index (χ1n) is 7.45. The van der Waals surface area contributed by atoms with Crippen molar-refractivity contribution in [3.63, 3.8) is 0 Å². The van der Waals surface area contributed by atoms with Crippen LogP contribution < -0.4 is 19.5 Å². The molecule has 12 heteroatoms. The molecule has 2 N–H and O–H groups in total. The summed E-state index contributed by atoms with van der Waals surface area (Å²) in [7, 11) is -3.22. The second-order valence-electron chi connectivity index (χ2n) is 5.34. The van der Waals surface area contributed by atoms with Gasteiger partial charge in [-0.25, -0.2) is 8.42 Å². The van der Waals surface area contributed by atoms with Gasteiger partial charge in [0.2, 0.25) is 5.91 Å². The number of hydrogen-bond donors (Lipinski definition) is 2. The van der Waals surface area contributed by atoms with E-state index in [0.717, 1.165) is 12.1 Å². The van der Waals surface area contributed by atoms with Crippen LogP contribution in [-0.2, 0) is 14.8 Å². The van der Waals surface area contributed by atoms with Crippen LogP contribution in [0.1, 0.15) is 6.92 Å². The molecule has 28 heavy (non-hydrogen) atoms. The number of nitrogens with one attached hydrogen (secondary N) is 2. The lowest BCUT2D eigenvalue weighted by atomic mass is 10.2. The van der Waals surface area contributed by atoms with E-state index in [1.807, 2.05) is 0 Å². The fourth-order valence-electron chi connectivity index (χ4n) is 2.18. The van der Waals surface area contributed by atoms with Crippen LogP contribution in [0.3, 0.4) is 0 Å². The number of hydrogen-bond acceptors (Lipinski definition) is 5. The maximum absolute atomic E-state index is 12.7. The van der Waals surface area contributed by atoms with Gasteiger partial charge in [-0.2, -0.15) is 0 Å². The monoisotopic (exact) mass is 482 g/mol. The molecule has 2 aromatic rings. The highest BCUT2D eigenvalue weighted by Gasteiger charge is 2.34. The van der Waals surface area contributed by atoms with Crippen molar-refractivity contribution >= 4 is 43.2 Å². The van der Waals surface area contributed by atoms with E-state index < -0.39 is 32.9 Å². The van der Waals surface area contributed by atoms with Crippen LogP contribution in [0.2, 0.25) is 0 Å². The van der Waals surface area contributed by atoms with Crippen molar-refractivity contribution in [2.45, 2.75) is 18.2 Å². The molecule has 0 saturated carbocycles. The highest BCUT2D eigenvalue weighted by Crippen LogP contribution is 2.35. The van der Waals surface area contributed by atoms with E-state index in [9.17, 15) is 26.4 Å². The van der Waals surface area contributed by atoms with E-state index in [1.165, 1.54) is 38.3 Å². The predicted octanol–water partition coefficient (Wildman–Crippen LogP) is 4.12. The summed E-state index contributed by atoms with van der Waals surface area (Å²) >= 11 is 2.97. The summed E-state index contributed by atoms with van der Waals surface area (Å²) in [5.41, 5.74) is 0.170. The van der Waals surface area contributed by atoms with E-state index in [-0.39, 0.29) is 21.6 Å². The summed E-state index contributed by atoms with van der Waals surface area (Å²) in [5.74, 6) is -1.22. The van der Waals surface area contributed by atoms with Gasteiger partial charge >= 0.3 is 6.36 Å². The van der Waals surface area contributed by atoms with Crippen molar-refractivity contribution in [2.24, 2.45) is 0 Å². The molecule has 0 unspecified atom stereocenters. The van der Waals surface area contributed by atoms with Crippen molar-refractivity contribution in [1.29, 1.82) is 0 Å². The Morgan fingerprint density at radius 1 is 1.11 bits per heavy atom. The number of carbonyl (C=O) groups excluding carboxylic acids is 1. The van der Waals surface area contributed by atoms with E-state index in [4.69, 9.17) is 4.74 Å². The molecule has 0 radical (unpaired) electrons. The number of rotatable bonds is 6. The van der Waals surface area contributed by atoms with Gasteiger partial charge in [0, 0.05) is 17.1 Å². The quantitative estimate of drug-likeness (QED) is 0.645. The number of alkyl halides is 3. The third-order valence-electron chi connectivity index (χ3n) is 3.19. The Hall–Kier alpha value is -2.47. The van der Waals surface area contributed by atoms with Crippen LogP contribution in [-0.4, -0.2) is 27.8 Å². The third kappa shape index (κ3) is 5.76. The Labute approximate surface area is 167 Å². The van der Waals surface area contributed by atoms with Gasteiger partial charge in [0.25, 0.3) is 10.0 Å². The average Bonchev–Trinajstić information content (AvgIpc) is 2.52. The van der Waals surface area contributed by atoms with Gasteiger partial charge in [-0.1, -0.05) is 15.9 Å². The van der Waals surface area contributed by atoms with Crippen LogP contribution in [0.25, 0.3) is 0 Å². The fourth-order valence-corrected chi connectivity index (χ4v) is 3.69. The summed E-state index contributed by atoms with van der Waals surface area (Å²) in [6.45, 7) is 1.26. The number of halogens is 4. The van der Waals surface area contributed by atoms with E-state index >= 15 is 0 Å². The van der Waals surface area contributed by atoms with Gasteiger partial charge in [-0.05, 0) is 36.4 Å². The molecule has 2 rings (SSSR count). The molecular weight excluding hydrogens is 469 g/mol. The number of benzene rings is 2. The molecular formula is C16H14BrF3N2O5S. The van der Waals surface area contributed by atoms with Gasteiger partial charge in [0.15, 0.2) is 5.75 Å². The third-order valence-corrected chi connectivity index (χ3v) is 5.08. The summed E-state index contributed by atoms with van der Waals surface area (Å²) in [6, 6.07) is 7.21. The Balaban J connectivity index is 2.48. The summed E-state index contributed by atoms with van der Waals surface area (Å²) < 4.78 is 74.6. The molecule has 0 aromatic heterocycles. The predicted molar refractivity (Wildman–Crippen MR) is 98.9 cm³/mol. The van der Waals surface area contributed by atoms with Crippen LogP contribution >= 0.6 is 15.9 Å². The first-order chi connectivity index (χ1) is 12.9. The first-order valence-corrected chi connectivity index (χ1v) is 9.72. The average molecular weight is 483 g/mol. The minimum absolute atomic E-state index is 0.0883. The minimum atomic E-state index is -5.09. The van der Waals surface area contributed by atoms with Gasteiger partial charge in [0.05, 0.1) is 12.8 Å². The van der Waals surface area contributed by atoms with Gasteiger partial charge < -0.3 is 14.8 Å². The SMILES string of the molecule is COc1ccc(NC(C)=O)cc1NS(=O)(=O)c1ccc(Br)cc1OC(F)(F)F. The Morgan fingerprint density at radius 2 is 1.79 bits per heavy atom. The largest absolute Gasteiger partial charge is 0.573 e. The molecule has 2 aromatic carbocycles. The zero-order valence-corrected chi connectivity index (χ0v) is 16.8. The number of sulfonamides is 1. The molecule has 0 fully saturated rings. The van der Waals surface area contributed by atoms with Crippen molar-refractivity contribution in [2.75, 3.05) is 17.1 Å². The number of ether oxygens (including phenoxy) is 2. The van der Waals surface area contributed by atoms with Crippen molar-refractivity contribution in [1.82, 2.24) is 0 Å². The van der Waals surface area contributed by atoms with E-state index in [1.54, 1.807) is 0 Å². The molecule has 0 aliphatic heterocycles. The number of methoxy groups -OCH3 is 1. The second-order valence-corrected chi connectivity index (χ2v) is 7.91. The molecule has 0 saturated heterocycles. The summed E-state index contributed by atoms with van der Waals surface area (Å²) in [4.78, 5) is 10.5. The molecule has 0 heterocycles. The maximum atomic E-state index is 12.7. The summed E-state index contributed by atoms with van der Waals surface area (Å²) in [5, 5.41) is 2.46. The Bertz CT molecular complexity index is 996. The molecule has 7 nitrogen and oxygen atoms in total. The molecule has 0 aliphatic carbocycles.